The van der Waals surface area contributed by atoms with Crippen LogP contribution in [0.3, 0.4) is 0 Å². The van der Waals surface area contributed by atoms with E-state index in [1.54, 1.807) is 10.9 Å². The summed E-state index contributed by atoms with van der Waals surface area (Å²) in [6.45, 7) is 12.6. The van der Waals surface area contributed by atoms with Gasteiger partial charge < -0.3 is 10.6 Å². The summed E-state index contributed by atoms with van der Waals surface area (Å²) in [6.07, 6.45) is 7.07. The molecule has 2 fully saturated rings. The Hall–Kier alpha value is -1.40. The number of piperidine rings is 1. The largest absolute Gasteiger partial charge is 0.354 e. The van der Waals surface area contributed by atoms with Gasteiger partial charge in [-0.25, -0.2) is 0 Å². The number of carbonyl (C=O) groups is 1. The zero-order chi connectivity index (χ0) is 18.1. The molecule has 0 bridgehead atoms. The quantitative estimate of drug-likeness (QED) is 0.850. The van der Waals surface area contributed by atoms with Crippen LogP contribution in [0.25, 0.3) is 0 Å². The fraction of sp³-hybridized carbons (Fsp3) is 0.789. The third-order valence-corrected chi connectivity index (χ3v) is 5.46. The molecular formula is C19H33N5O. The third-order valence-electron chi connectivity index (χ3n) is 5.46. The smallest absolute Gasteiger partial charge is 0.241 e. The first-order chi connectivity index (χ1) is 11.7. The maximum absolute atomic E-state index is 12.0. The van der Waals surface area contributed by atoms with E-state index in [0.717, 1.165) is 19.6 Å². The molecule has 6 nitrogen and oxygen atoms in total. The van der Waals surface area contributed by atoms with Crippen LogP contribution in [-0.4, -0.2) is 57.3 Å². The Morgan fingerprint density at radius 2 is 2.00 bits per heavy atom. The lowest BCUT2D eigenvalue weighted by molar-refractivity contribution is -0.122. The van der Waals surface area contributed by atoms with Gasteiger partial charge in [0.25, 0.3) is 0 Å². The summed E-state index contributed by atoms with van der Waals surface area (Å²) in [5, 5.41) is 10.9. The molecular weight excluding hydrogens is 314 g/mol. The van der Waals surface area contributed by atoms with Crippen molar-refractivity contribution in [2.24, 2.45) is 5.92 Å². The van der Waals surface area contributed by atoms with E-state index in [-0.39, 0.29) is 17.0 Å². The van der Waals surface area contributed by atoms with Crippen LogP contribution in [-0.2, 0) is 11.3 Å². The van der Waals surface area contributed by atoms with Crippen LogP contribution in [0, 0.1) is 5.92 Å². The molecule has 1 aromatic rings. The van der Waals surface area contributed by atoms with Gasteiger partial charge in [0.2, 0.25) is 5.91 Å². The minimum absolute atomic E-state index is 0.0475. The Bertz CT molecular complexity index is 565. The molecule has 3 rings (SSSR count). The van der Waals surface area contributed by atoms with Crippen molar-refractivity contribution in [1.82, 2.24) is 25.3 Å². The van der Waals surface area contributed by atoms with Gasteiger partial charge in [0, 0.05) is 42.6 Å². The van der Waals surface area contributed by atoms with E-state index in [0.29, 0.717) is 18.5 Å². The number of nitrogens with one attached hydrogen (secondary N) is 2. The molecule has 2 saturated heterocycles. The number of rotatable bonds is 5. The summed E-state index contributed by atoms with van der Waals surface area (Å²) in [6, 6.07) is 2.47. The highest BCUT2D eigenvalue weighted by Gasteiger charge is 2.41. The van der Waals surface area contributed by atoms with Gasteiger partial charge in [0.05, 0.1) is 0 Å². The summed E-state index contributed by atoms with van der Waals surface area (Å²) in [4.78, 5) is 14.7. The van der Waals surface area contributed by atoms with Crippen molar-refractivity contribution in [2.75, 3.05) is 19.6 Å². The fourth-order valence-electron chi connectivity index (χ4n) is 4.74. The highest BCUT2D eigenvalue weighted by atomic mass is 16.2. The van der Waals surface area contributed by atoms with Gasteiger partial charge in [0.1, 0.15) is 6.54 Å². The Morgan fingerprint density at radius 1 is 1.28 bits per heavy atom. The van der Waals surface area contributed by atoms with E-state index in [4.69, 9.17) is 0 Å². The number of hydrogen-bond acceptors (Lipinski definition) is 4. The molecule has 0 saturated carbocycles. The van der Waals surface area contributed by atoms with Crippen LogP contribution >= 0.6 is 0 Å². The number of carbonyl (C=O) groups excluding carboxylic acids is 1. The number of likely N-dealkylation sites (tertiary alicyclic amines) is 1. The van der Waals surface area contributed by atoms with Gasteiger partial charge in [-0.2, -0.15) is 5.10 Å². The maximum atomic E-state index is 12.0. The second-order valence-corrected chi connectivity index (χ2v) is 9.11. The molecule has 0 spiro atoms. The van der Waals surface area contributed by atoms with Crippen molar-refractivity contribution >= 4 is 5.91 Å². The van der Waals surface area contributed by atoms with Gasteiger partial charge in [-0.15, -0.1) is 0 Å². The van der Waals surface area contributed by atoms with E-state index < -0.39 is 0 Å². The molecule has 2 N–H and O–H groups in total. The Labute approximate surface area is 151 Å². The molecule has 0 aromatic carbocycles. The lowest BCUT2D eigenvalue weighted by Crippen LogP contribution is -2.62. The zero-order valence-corrected chi connectivity index (χ0v) is 16.1. The molecule has 25 heavy (non-hydrogen) atoms. The van der Waals surface area contributed by atoms with Gasteiger partial charge in [-0.1, -0.05) is 0 Å². The van der Waals surface area contributed by atoms with Crippen LogP contribution < -0.4 is 10.6 Å². The number of aromatic nitrogens is 2. The molecule has 1 aromatic heterocycles. The fourth-order valence-corrected chi connectivity index (χ4v) is 4.74. The van der Waals surface area contributed by atoms with Crippen molar-refractivity contribution in [3.05, 3.63) is 18.5 Å². The van der Waals surface area contributed by atoms with Crippen molar-refractivity contribution in [1.29, 1.82) is 0 Å². The maximum Gasteiger partial charge on any atom is 0.241 e. The molecule has 2 aliphatic rings. The third kappa shape index (κ3) is 5.05. The molecule has 140 valence electrons. The van der Waals surface area contributed by atoms with E-state index in [1.165, 1.54) is 19.3 Å². The van der Waals surface area contributed by atoms with Crippen LogP contribution in [0.4, 0.5) is 0 Å². The predicted octanol–water partition coefficient (Wildman–Crippen LogP) is 1.63. The van der Waals surface area contributed by atoms with E-state index >= 15 is 0 Å². The SMILES string of the molecule is CC1(C)CC(N2CCC(CNC(=O)Cn3cccn3)C2)CC(C)(C)N1. The number of nitrogens with zero attached hydrogens (tertiary/aromatic N) is 3. The average Bonchev–Trinajstić information content (AvgIpc) is 3.13. The second kappa shape index (κ2) is 7.08. The molecule has 0 radical (unpaired) electrons. The van der Waals surface area contributed by atoms with Gasteiger partial charge in [-0.3, -0.25) is 14.4 Å². The average molecular weight is 348 g/mol. The number of hydrogen-bond donors (Lipinski definition) is 2. The summed E-state index contributed by atoms with van der Waals surface area (Å²) in [5.41, 5.74) is 0.366. The summed E-state index contributed by atoms with van der Waals surface area (Å²) < 4.78 is 1.66. The molecule has 1 atom stereocenters. The zero-order valence-electron chi connectivity index (χ0n) is 16.1. The summed E-state index contributed by atoms with van der Waals surface area (Å²) >= 11 is 0. The van der Waals surface area contributed by atoms with Crippen molar-refractivity contribution in [3.8, 4) is 0 Å². The van der Waals surface area contributed by atoms with Gasteiger partial charge >= 0.3 is 0 Å². The van der Waals surface area contributed by atoms with Gasteiger partial charge in [0.15, 0.2) is 0 Å². The summed E-state index contributed by atoms with van der Waals surface area (Å²) in [5.74, 6) is 0.606. The molecule has 0 aliphatic carbocycles. The minimum atomic E-state index is 0.0475. The molecule has 1 amide bonds. The normalized spacial score (nSPS) is 26.6. The van der Waals surface area contributed by atoms with Crippen LogP contribution in [0.15, 0.2) is 18.5 Å². The molecule has 6 heteroatoms. The first-order valence-electron chi connectivity index (χ1n) is 9.50. The Balaban J connectivity index is 1.46. The number of amides is 1. The lowest BCUT2D eigenvalue weighted by atomic mass is 9.79. The molecule has 1 unspecified atom stereocenters. The minimum Gasteiger partial charge on any atom is -0.354 e. The molecule has 2 aliphatic heterocycles. The second-order valence-electron chi connectivity index (χ2n) is 9.11. The van der Waals surface area contributed by atoms with Crippen LogP contribution in [0.5, 0.6) is 0 Å². The van der Waals surface area contributed by atoms with E-state index in [2.05, 4.69) is 48.3 Å². The van der Waals surface area contributed by atoms with Crippen LogP contribution in [0.2, 0.25) is 0 Å². The van der Waals surface area contributed by atoms with Crippen LogP contribution in [0.1, 0.15) is 47.0 Å². The van der Waals surface area contributed by atoms with E-state index in [1.807, 2.05) is 12.3 Å². The Kier molecular flexibility index (Phi) is 5.21. The van der Waals surface area contributed by atoms with E-state index in [9.17, 15) is 4.79 Å². The Morgan fingerprint density at radius 3 is 2.64 bits per heavy atom. The topological polar surface area (TPSA) is 62.2 Å². The first-order valence-corrected chi connectivity index (χ1v) is 9.50. The summed E-state index contributed by atoms with van der Waals surface area (Å²) in [7, 11) is 0. The van der Waals surface area contributed by atoms with Crippen molar-refractivity contribution in [3.63, 3.8) is 0 Å². The molecule has 3 heterocycles. The first kappa shape index (κ1) is 18.4. The standard InChI is InChI=1S/C19H33N5O/c1-18(2)10-16(11-19(3,4)22-18)23-9-6-15(13-23)12-20-17(25)14-24-8-5-7-21-24/h5,7-8,15-16,22H,6,9-14H2,1-4H3,(H,20,25). The van der Waals surface area contributed by atoms with Crippen molar-refractivity contribution in [2.45, 2.75) is 70.6 Å². The van der Waals surface area contributed by atoms with Gasteiger partial charge in [-0.05, 0) is 65.5 Å². The monoisotopic (exact) mass is 347 g/mol. The highest BCUT2D eigenvalue weighted by Crippen LogP contribution is 2.33. The predicted molar refractivity (Wildman–Crippen MR) is 99.2 cm³/mol. The van der Waals surface area contributed by atoms with Crippen molar-refractivity contribution < 1.29 is 4.79 Å². The highest BCUT2D eigenvalue weighted by molar-refractivity contribution is 5.75. The lowest BCUT2D eigenvalue weighted by Gasteiger charge is -2.49.